The third kappa shape index (κ3) is 3.95. The lowest BCUT2D eigenvalue weighted by atomic mass is 9.88. The lowest BCUT2D eigenvalue weighted by molar-refractivity contribution is -0.127. The fourth-order valence-corrected chi connectivity index (χ4v) is 3.41. The molecule has 1 aromatic heterocycles. The number of amides is 1. The second-order valence-electron chi connectivity index (χ2n) is 6.24. The second-order valence-corrected chi connectivity index (χ2v) is 6.24. The minimum Gasteiger partial charge on any atom is -0.467 e. The molecule has 1 aliphatic rings. The van der Waals surface area contributed by atoms with Gasteiger partial charge in [-0.15, -0.1) is 6.58 Å². The fraction of sp³-hybridized carbons (Fsp3) is 0.350. The van der Waals surface area contributed by atoms with Crippen LogP contribution in [-0.4, -0.2) is 23.9 Å². The van der Waals surface area contributed by atoms with Crippen LogP contribution >= 0.6 is 0 Å². The van der Waals surface area contributed by atoms with Crippen LogP contribution in [0.2, 0.25) is 0 Å². The number of piperidine rings is 1. The van der Waals surface area contributed by atoms with E-state index >= 15 is 0 Å². The van der Waals surface area contributed by atoms with Crippen molar-refractivity contribution in [3.8, 4) is 0 Å². The molecule has 126 valence electrons. The minimum atomic E-state index is 0.0138. The summed E-state index contributed by atoms with van der Waals surface area (Å²) in [5.74, 6) is 0.899. The maximum absolute atomic E-state index is 12.5. The molecule has 1 aliphatic heterocycles. The van der Waals surface area contributed by atoms with Gasteiger partial charge >= 0.3 is 0 Å². The molecule has 4 heteroatoms. The molecule has 1 fully saturated rings. The van der Waals surface area contributed by atoms with Crippen molar-refractivity contribution < 1.29 is 9.21 Å². The number of nitrogens with one attached hydrogen (secondary N) is 1. The molecule has 4 nitrogen and oxygen atoms in total. The van der Waals surface area contributed by atoms with Gasteiger partial charge in [-0.2, -0.15) is 0 Å². The summed E-state index contributed by atoms with van der Waals surface area (Å²) in [5.41, 5.74) is 1.31. The monoisotopic (exact) mass is 324 g/mol. The molecule has 0 aliphatic carbocycles. The maximum Gasteiger partial charge on any atom is 0.224 e. The SMILES string of the molecule is C=CCN1CC(C(=O)NCc2ccco2)CCC1c1ccccc1. The maximum atomic E-state index is 12.5. The Morgan fingerprint density at radius 3 is 2.79 bits per heavy atom. The molecule has 0 bridgehead atoms. The van der Waals surface area contributed by atoms with Gasteiger partial charge in [-0.05, 0) is 30.5 Å². The van der Waals surface area contributed by atoms with E-state index in [4.69, 9.17) is 4.42 Å². The molecule has 1 aromatic carbocycles. The van der Waals surface area contributed by atoms with Gasteiger partial charge in [-0.25, -0.2) is 0 Å². The quantitative estimate of drug-likeness (QED) is 0.827. The predicted molar refractivity (Wildman–Crippen MR) is 94.2 cm³/mol. The van der Waals surface area contributed by atoms with Crippen LogP contribution < -0.4 is 5.32 Å². The highest BCUT2D eigenvalue weighted by Crippen LogP contribution is 2.33. The summed E-state index contributed by atoms with van der Waals surface area (Å²) in [5, 5.41) is 2.99. The van der Waals surface area contributed by atoms with Crippen LogP contribution in [0.3, 0.4) is 0 Å². The molecule has 24 heavy (non-hydrogen) atoms. The van der Waals surface area contributed by atoms with E-state index in [0.717, 1.165) is 31.7 Å². The van der Waals surface area contributed by atoms with E-state index < -0.39 is 0 Å². The van der Waals surface area contributed by atoms with Crippen molar-refractivity contribution in [3.63, 3.8) is 0 Å². The van der Waals surface area contributed by atoms with Crippen LogP contribution in [0.1, 0.15) is 30.2 Å². The molecule has 3 rings (SSSR count). The van der Waals surface area contributed by atoms with Crippen molar-refractivity contribution >= 4 is 5.91 Å². The zero-order chi connectivity index (χ0) is 16.8. The van der Waals surface area contributed by atoms with Crippen molar-refractivity contribution in [3.05, 3.63) is 72.7 Å². The van der Waals surface area contributed by atoms with Crippen LogP contribution in [0.5, 0.6) is 0 Å². The number of furan rings is 1. The standard InChI is InChI=1S/C20H24N2O2/c1-2-12-22-15-17(20(23)21-14-18-9-6-13-24-18)10-11-19(22)16-7-4-3-5-8-16/h2-9,13,17,19H,1,10-12,14-15H2,(H,21,23). The van der Waals surface area contributed by atoms with Gasteiger partial charge < -0.3 is 9.73 Å². The van der Waals surface area contributed by atoms with Gasteiger partial charge in [0.05, 0.1) is 18.7 Å². The highest BCUT2D eigenvalue weighted by Gasteiger charge is 2.32. The van der Waals surface area contributed by atoms with Crippen molar-refractivity contribution in [1.29, 1.82) is 0 Å². The average Bonchev–Trinajstić information content (AvgIpc) is 3.14. The normalized spacial score (nSPS) is 21.3. The molecule has 1 amide bonds. The first-order chi connectivity index (χ1) is 11.8. The number of carbonyl (C=O) groups is 1. The summed E-state index contributed by atoms with van der Waals surface area (Å²) in [6, 6.07) is 14.6. The first-order valence-electron chi connectivity index (χ1n) is 8.48. The number of nitrogens with zero attached hydrogens (tertiary/aromatic N) is 1. The molecule has 2 heterocycles. The lowest BCUT2D eigenvalue weighted by Gasteiger charge is -2.39. The van der Waals surface area contributed by atoms with E-state index in [0.29, 0.717) is 12.6 Å². The summed E-state index contributed by atoms with van der Waals surface area (Å²) in [7, 11) is 0. The van der Waals surface area contributed by atoms with Gasteiger partial charge in [0.15, 0.2) is 0 Å². The Labute approximate surface area is 143 Å². The van der Waals surface area contributed by atoms with E-state index in [1.54, 1.807) is 6.26 Å². The molecule has 2 unspecified atom stereocenters. The molecule has 0 radical (unpaired) electrons. The predicted octanol–water partition coefficient (Wildman–Crippen LogP) is 3.54. The zero-order valence-corrected chi connectivity index (χ0v) is 13.9. The van der Waals surface area contributed by atoms with E-state index in [2.05, 4.69) is 41.1 Å². The fourth-order valence-electron chi connectivity index (χ4n) is 3.41. The molecule has 2 aromatic rings. The van der Waals surface area contributed by atoms with Crippen LogP contribution in [0.15, 0.2) is 65.8 Å². The topological polar surface area (TPSA) is 45.5 Å². The zero-order valence-electron chi connectivity index (χ0n) is 13.9. The Balaban J connectivity index is 1.61. The third-order valence-electron chi connectivity index (χ3n) is 4.62. The number of hydrogen-bond acceptors (Lipinski definition) is 3. The first kappa shape index (κ1) is 16.5. The molecule has 1 saturated heterocycles. The summed E-state index contributed by atoms with van der Waals surface area (Å²) >= 11 is 0. The summed E-state index contributed by atoms with van der Waals surface area (Å²) in [4.78, 5) is 14.8. The number of rotatable bonds is 6. The van der Waals surface area contributed by atoms with Crippen molar-refractivity contribution in [2.45, 2.75) is 25.4 Å². The number of carbonyl (C=O) groups excluding carboxylic acids is 1. The van der Waals surface area contributed by atoms with E-state index in [-0.39, 0.29) is 11.8 Å². The van der Waals surface area contributed by atoms with Gasteiger partial charge in [0.1, 0.15) is 5.76 Å². The van der Waals surface area contributed by atoms with Gasteiger partial charge in [0.2, 0.25) is 5.91 Å². The van der Waals surface area contributed by atoms with Gasteiger partial charge in [0.25, 0.3) is 0 Å². The van der Waals surface area contributed by atoms with Gasteiger partial charge in [-0.1, -0.05) is 36.4 Å². The van der Waals surface area contributed by atoms with E-state index in [1.807, 2.05) is 24.3 Å². The molecule has 1 N–H and O–H groups in total. The number of benzene rings is 1. The van der Waals surface area contributed by atoms with Crippen molar-refractivity contribution in [1.82, 2.24) is 10.2 Å². The Bertz CT molecular complexity index is 652. The van der Waals surface area contributed by atoms with Crippen molar-refractivity contribution in [2.24, 2.45) is 5.92 Å². The summed E-state index contributed by atoms with van der Waals surface area (Å²) < 4.78 is 5.27. The molecular weight excluding hydrogens is 300 g/mol. The smallest absolute Gasteiger partial charge is 0.224 e. The van der Waals surface area contributed by atoms with Crippen LogP contribution in [0.25, 0.3) is 0 Å². The minimum absolute atomic E-state index is 0.0138. The molecular formula is C20H24N2O2. The second kappa shape index (κ2) is 7.97. The molecule has 2 atom stereocenters. The highest BCUT2D eigenvalue weighted by atomic mass is 16.3. The summed E-state index contributed by atoms with van der Waals surface area (Å²) in [6.45, 7) is 5.87. The third-order valence-corrected chi connectivity index (χ3v) is 4.62. The summed E-state index contributed by atoms with van der Waals surface area (Å²) in [6.07, 6.45) is 5.42. The Morgan fingerprint density at radius 2 is 2.08 bits per heavy atom. The van der Waals surface area contributed by atoms with Crippen molar-refractivity contribution in [2.75, 3.05) is 13.1 Å². The Hall–Kier alpha value is -2.33. The van der Waals surface area contributed by atoms with Gasteiger partial charge in [-0.3, -0.25) is 9.69 Å². The largest absolute Gasteiger partial charge is 0.467 e. The molecule has 0 saturated carbocycles. The Kier molecular flexibility index (Phi) is 5.49. The lowest BCUT2D eigenvalue weighted by Crippen LogP contribution is -2.44. The number of hydrogen-bond donors (Lipinski definition) is 1. The van der Waals surface area contributed by atoms with Crippen LogP contribution in [-0.2, 0) is 11.3 Å². The molecule has 0 spiro atoms. The van der Waals surface area contributed by atoms with Crippen LogP contribution in [0.4, 0.5) is 0 Å². The average molecular weight is 324 g/mol. The highest BCUT2D eigenvalue weighted by molar-refractivity contribution is 5.78. The number of likely N-dealkylation sites (tertiary alicyclic amines) is 1. The Morgan fingerprint density at radius 1 is 1.25 bits per heavy atom. The van der Waals surface area contributed by atoms with Gasteiger partial charge in [0, 0.05) is 19.1 Å². The van der Waals surface area contributed by atoms with E-state index in [1.165, 1.54) is 5.56 Å². The van der Waals surface area contributed by atoms with Crippen LogP contribution in [0, 0.1) is 5.92 Å². The van der Waals surface area contributed by atoms with E-state index in [9.17, 15) is 4.79 Å². The first-order valence-corrected chi connectivity index (χ1v) is 8.48.